The molecule has 0 bridgehead atoms. The summed E-state index contributed by atoms with van der Waals surface area (Å²) < 4.78 is 6.19. The second kappa shape index (κ2) is 7.17. The molecule has 0 unspecified atom stereocenters. The highest BCUT2D eigenvalue weighted by Crippen LogP contribution is 2.27. The monoisotopic (exact) mass is 300 g/mol. The van der Waals surface area contributed by atoms with Crippen LogP contribution in [0.3, 0.4) is 0 Å². The Labute approximate surface area is 110 Å². The quantitative estimate of drug-likeness (QED) is 0.848. The van der Waals surface area contributed by atoms with Crippen molar-refractivity contribution in [3.8, 4) is 5.75 Å². The highest BCUT2D eigenvalue weighted by molar-refractivity contribution is 9.10. The molecule has 94 valence electrons. The van der Waals surface area contributed by atoms with Crippen LogP contribution in [0.25, 0.3) is 0 Å². The number of nitrogens with one attached hydrogen (secondary N) is 2. The minimum absolute atomic E-state index is 0.0500. The first-order chi connectivity index (χ1) is 8.17. The van der Waals surface area contributed by atoms with Gasteiger partial charge in [0.05, 0.1) is 12.8 Å². The van der Waals surface area contributed by atoms with Gasteiger partial charge >= 0.3 is 0 Å². The van der Waals surface area contributed by atoms with Crippen LogP contribution in [-0.4, -0.2) is 26.1 Å². The summed E-state index contributed by atoms with van der Waals surface area (Å²) in [6, 6.07) is 5.71. The van der Waals surface area contributed by atoms with Crippen LogP contribution in [0.15, 0.2) is 22.7 Å². The summed E-state index contributed by atoms with van der Waals surface area (Å²) in [5, 5.41) is 5.93. The third kappa shape index (κ3) is 4.65. The number of anilines is 1. The van der Waals surface area contributed by atoms with Crippen LogP contribution in [0.1, 0.15) is 13.3 Å². The normalized spacial score (nSPS) is 9.82. The molecule has 0 saturated carbocycles. The van der Waals surface area contributed by atoms with Crippen molar-refractivity contribution in [3.05, 3.63) is 22.7 Å². The van der Waals surface area contributed by atoms with E-state index in [1.807, 2.05) is 25.1 Å². The maximum Gasteiger partial charge on any atom is 0.221 e. The molecule has 0 atom stereocenters. The Morgan fingerprint density at radius 2 is 2.24 bits per heavy atom. The Hall–Kier alpha value is -1.23. The van der Waals surface area contributed by atoms with E-state index in [0.29, 0.717) is 19.5 Å². The summed E-state index contributed by atoms with van der Waals surface area (Å²) >= 11 is 3.40. The van der Waals surface area contributed by atoms with Gasteiger partial charge in [-0.05, 0) is 25.1 Å². The van der Waals surface area contributed by atoms with Gasteiger partial charge < -0.3 is 15.4 Å². The van der Waals surface area contributed by atoms with E-state index in [-0.39, 0.29) is 5.91 Å². The van der Waals surface area contributed by atoms with E-state index in [4.69, 9.17) is 4.74 Å². The minimum Gasteiger partial charge on any atom is -0.495 e. The van der Waals surface area contributed by atoms with Crippen LogP contribution in [0, 0.1) is 0 Å². The van der Waals surface area contributed by atoms with E-state index >= 15 is 0 Å². The number of carbonyl (C=O) groups is 1. The smallest absolute Gasteiger partial charge is 0.221 e. The topological polar surface area (TPSA) is 50.4 Å². The maximum absolute atomic E-state index is 11.3. The van der Waals surface area contributed by atoms with Crippen LogP contribution in [0.5, 0.6) is 5.75 Å². The fraction of sp³-hybridized carbons (Fsp3) is 0.417. The molecule has 0 aromatic heterocycles. The molecule has 17 heavy (non-hydrogen) atoms. The van der Waals surface area contributed by atoms with Crippen molar-refractivity contribution in [2.45, 2.75) is 13.3 Å². The van der Waals surface area contributed by atoms with Crippen molar-refractivity contribution in [1.29, 1.82) is 0 Å². The predicted octanol–water partition coefficient (Wildman–Crippen LogP) is 2.40. The number of rotatable bonds is 6. The first kappa shape index (κ1) is 13.8. The molecule has 2 N–H and O–H groups in total. The number of ether oxygens (including phenoxy) is 1. The largest absolute Gasteiger partial charge is 0.495 e. The highest BCUT2D eigenvalue weighted by atomic mass is 79.9. The van der Waals surface area contributed by atoms with Gasteiger partial charge in [0.1, 0.15) is 5.75 Å². The van der Waals surface area contributed by atoms with Crippen LogP contribution in [0.2, 0.25) is 0 Å². The number of benzene rings is 1. The molecule has 0 saturated heterocycles. The van der Waals surface area contributed by atoms with Crippen LogP contribution < -0.4 is 15.4 Å². The molecule has 0 heterocycles. The first-order valence-corrected chi connectivity index (χ1v) is 6.30. The Morgan fingerprint density at radius 3 is 2.88 bits per heavy atom. The van der Waals surface area contributed by atoms with Gasteiger partial charge in [0, 0.05) is 24.0 Å². The van der Waals surface area contributed by atoms with Crippen LogP contribution in [-0.2, 0) is 4.79 Å². The first-order valence-electron chi connectivity index (χ1n) is 5.51. The molecule has 4 nitrogen and oxygen atoms in total. The van der Waals surface area contributed by atoms with E-state index in [9.17, 15) is 4.79 Å². The van der Waals surface area contributed by atoms with Gasteiger partial charge in [-0.2, -0.15) is 0 Å². The second-order valence-electron chi connectivity index (χ2n) is 3.47. The van der Waals surface area contributed by atoms with Crippen LogP contribution in [0.4, 0.5) is 5.69 Å². The molecule has 0 radical (unpaired) electrons. The molecule has 0 fully saturated rings. The third-order valence-electron chi connectivity index (χ3n) is 2.20. The van der Waals surface area contributed by atoms with Crippen LogP contribution >= 0.6 is 15.9 Å². The van der Waals surface area contributed by atoms with Gasteiger partial charge in [-0.15, -0.1) is 0 Å². The molecule has 5 heteroatoms. The molecular weight excluding hydrogens is 284 g/mol. The number of methoxy groups -OCH3 is 1. The fourth-order valence-electron chi connectivity index (χ4n) is 1.41. The van der Waals surface area contributed by atoms with Gasteiger partial charge in [-0.1, -0.05) is 15.9 Å². The van der Waals surface area contributed by atoms with Crippen molar-refractivity contribution < 1.29 is 9.53 Å². The second-order valence-corrected chi connectivity index (χ2v) is 4.39. The fourth-order valence-corrected chi connectivity index (χ4v) is 1.78. The minimum atomic E-state index is 0.0500. The van der Waals surface area contributed by atoms with Crippen molar-refractivity contribution >= 4 is 27.5 Å². The third-order valence-corrected chi connectivity index (χ3v) is 2.70. The van der Waals surface area contributed by atoms with Crippen molar-refractivity contribution in [3.63, 3.8) is 0 Å². The summed E-state index contributed by atoms with van der Waals surface area (Å²) in [6.45, 7) is 3.15. The van der Waals surface area contributed by atoms with E-state index < -0.39 is 0 Å². The van der Waals surface area contributed by atoms with E-state index in [1.165, 1.54) is 0 Å². The van der Waals surface area contributed by atoms with Crippen molar-refractivity contribution in [2.24, 2.45) is 0 Å². The Balaban J connectivity index is 2.50. The molecule has 0 aliphatic rings. The zero-order valence-electron chi connectivity index (χ0n) is 10.0. The molecule has 0 aliphatic carbocycles. The van der Waals surface area contributed by atoms with E-state index in [1.54, 1.807) is 7.11 Å². The maximum atomic E-state index is 11.3. The SMILES string of the molecule is CCNC(=O)CCNc1cc(Br)ccc1OC. The Morgan fingerprint density at radius 1 is 1.47 bits per heavy atom. The predicted molar refractivity (Wildman–Crippen MR) is 72.5 cm³/mol. The molecular formula is C12H17BrN2O2. The lowest BCUT2D eigenvalue weighted by molar-refractivity contribution is -0.120. The lowest BCUT2D eigenvalue weighted by Gasteiger charge is -2.11. The molecule has 1 aromatic rings. The highest BCUT2D eigenvalue weighted by Gasteiger charge is 2.04. The summed E-state index contributed by atoms with van der Waals surface area (Å²) in [5.41, 5.74) is 0.881. The molecule has 0 aliphatic heterocycles. The molecule has 0 spiro atoms. The lowest BCUT2D eigenvalue weighted by atomic mass is 10.3. The molecule has 1 amide bonds. The summed E-state index contributed by atoms with van der Waals surface area (Å²) in [7, 11) is 1.62. The number of amides is 1. The zero-order valence-corrected chi connectivity index (χ0v) is 11.6. The van der Waals surface area contributed by atoms with Gasteiger partial charge in [0.2, 0.25) is 5.91 Å². The van der Waals surface area contributed by atoms with Gasteiger partial charge in [0.25, 0.3) is 0 Å². The standard InChI is InChI=1S/C12H17BrN2O2/c1-3-14-12(16)6-7-15-10-8-9(13)4-5-11(10)17-2/h4-5,8,15H,3,6-7H2,1-2H3,(H,14,16). The molecule has 1 aromatic carbocycles. The van der Waals surface area contributed by atoms with Gasteiger partial charge in [0.15, 0.2) is 0 Å². The Kier molecular flexibility index (Phi) is 5.83. The number of hydrogen-bond donors (Lipinski definition) is 2. The average Bonchev–Trinajstić information content (AvgIpc) is 2.30. The van der Waals surface area contributed by atoms with Crippen molar-refractivity contribution in [1.82, 2.24) is 5.32 Å². The van der Waals surface area contributed by atoms with Gasteiger partial charge in [-0.25, -0.2) is 0 Å². The number of halogens is 1. The zero-order chi connectivity index (χ0) is 12.7. The van der Waals surface area contributed by atoms with E-state index in [2.05, 4.69) is 26.6 Å². The molecule has 1 rings (SSSR count). The summed E-state index contributed by atoms with van der Waals surface area (Å²) in [6.07, 6.45) is 0.448. The Bertz CT molecular complexity index is 383. The average molecular weight is 301 g/mol. The summed E-state index contributed by atoms with van der Waals surface area (Å²) in [4.78, 5) is 11.3. The lowest BCUT2D eigenvalue weighted by Crippen LogP contribution is -2.24. The van der Waals surface area contributed by atoms with Gasteiger partial charge in [-0.3, -0.25) is 4.79 Å². The summed E-state index contributed by atoms with van der Waals surface area (Å²) in [5.74, 6) is 0.818. The number of carbonyl (C=O) groups excluding carboxylic acids is 1. The number of hydrogen-bond acceptors (Lipinski definition) is 3. The van der Waals surface area contributed by atoms with Crippen molar-refractivity contribution in [2.75, 3.05) is 25.5 Å². The van der Waals surface area contributed by atoms with E-state index in [0.717, 1.165) is 15.9 Å².